The smallest absolute Gasteiger partial charge is 0.263 e. The van der Waals surface area contributed by atoms with Crippen LogP contribution in [-0.2, 0) is 0 Å². The fourth-order valence-electron chi connectivity index (χ4n) is 2.68. The molecule has 0 radical (unpaired) electrons. The van der Waals surface area contributed by atoms with Crippen LogP contribution in [0.15, 0.2) is 0 Å². The summed E-state index contributed by atoms with van der Waals surface area (Å²) in [4.78, 5) is 15.2. The van der Waals surface area contributed by atoms with Crippen LogP contribution in [0.4, 0.5) is 10.7 Å². The number of nitrogens with two attached hydrogens (primary N) is 1. The Hall–Kier alpha value is -1.43. The Morgan fingerprint density at radius 2 is 2.00 bits per heavy atom. The topological polar surface area (TPSA) is 67.6 Å². The minimum Gasteiger partial charge on any atom is -0.492 e. The molecule has 1 aliphatic carbocycles. The van der Waals surface area contributed by atoms with Crippen molar-refractivity contribution in [3.05, 3.63) is 4.88 Å². The normalized spacial score (nSPS) is 19.6. The van der Waals surface area contributed by atoms with E-state index in [1.165, 1.54) is 24.2 Å². The monoisotopic (exact) mass is 309 g/mol. The molecular formula is C15H23N3O2S. The third-order valence-electron chi connectivity index (χ3n) is 4.28. The molecule has 5 nitrogen and oxygen atoms in total. The van der Waals surface area contributed by atoms with E-state index in [4.69, 9.17) is 10.5 Å². The first-order valence-corrected chi connectivity index (χ1v) is 8.43. The van der Waals surface area contributed by atoms with Gasteiger partial charge in [0.2, 0.25) is 0 Å². The van der Waals surface area contributed by atoms with Crippen molar-refractivity contribution >= 4 is 27.9 Å². The van der Waals surface area contributed by atoms with E-state index in [0.29, 0.717) is 22.4 Å². The molecule has 1 amide bonds. The number of carbonyl (C=O) groups is 1. The van der Waals surface area contributed by atoms with Crippen molar-refractivity contribution in [3.63, 3.8) is 0 Å². The molecule has 3 rings (SSSR count). The van der Waals surface area contributed by atoms with E-state index in [-0.39, 0.29) is 5.91 Å². The molecule has 21 heavy (non-hydrogen) atoms. The fourth-order valence-corrected chi connectivity index (χ4v) is 3.83. The van der Waals surface area contributed by atoms with Crippen molar-refractivity contribution in [1.29, 1.82) is 0 Å². The fraction of sp³-hybridized carbons (Fsp3) is 0.667. The number of methoxy groups -OCH3 is 1. The van der Waals surface area contributed by atoms with Gasteiger partial charge in [-0.2, -0.15) is 0 Å². The SMILES string of the molecule is COc1c(N2CCC(C)CC2)sc(C(=O)NC2CC2)c1N. The number of ether oxygens (including phenoxy) is 1. The highest BCUT2D eigenvalue weighted by Gasteiger charge is 2.30. The largest absolute Gasteiger partial charge is 0.492 e. The van der Waals surface area contributed by atoms with Crippen molar-refractivity contribution in [2.24, 2.45) is 5.92 Å². The Kier molecular flexibility index (Phi) is 3.97. The van der Waals surface area contributed by atoms with E-state index in [1.807, 2.05) is 0 Å². The van der Waals surface area contributed by atoms with Gasteiger partial charge in [-0.15, -0.1) is 11.3 Å². The predicted molar refractivity (Wildman–Crippen MR) is 86.4 cm³/mol. The minimum absolute atomic E-state index is 0.0603. The highest BCUT2D eigenvalue weighted by atomic mass is 32.1. The molecule has 1 saturated carbocycles. The van der Waals surface area contributed by atoms with Crippen molar-refractivity contribution < 1.29 is 9.53 Å². The van der Waals surface area contributed by atoms with Crippen LogP contribution in [0, 0.1) is 5.92 Å². The summed E-state index contributed by atoms with van der Waals surface area (Å²) in [6, 6.07) is 0.337. The molecule has 1 saturated heterocycles. The van der Waals surface area contributed by atoms with Gasteiger partial charge in [0.05, 0.1) is 7.11 Å². The maximum absolute atomic E-state index is 12.3. The van der Waals surface area contributed by atoms with Crippen LogP contribution in [0.2, 0.25) is 0 Å². The van der Waals surface area contributed by atoms with Gasteiger partial charge in [-0.25, -0.2) is 0 Å². The standard InChI is InChI=1S/C15H23N3O2S/c1-9-5-7-18(8-6-9)15-12(20-2)11(16)13(21-15)14(19)17-10-3-4-10/h9-10H,3-8,16H2,1-2H3,(H,17,19). The van der Waals surface area contributed by atoms with Gasteiger partial charge >= 0.3 is 0 Å². The Labute approximate surface area is 129 Å². The van der Waals surface area contributed by atoms with Crippen LogP contribution in [0.3, 0.4) is 0 Å². The Balaban J connectivity index is 1.83. The molecule has 1 aromatic heterocycles. The van der Waals surface area contributed by atoms with Crippen LogP contribution >= 0.6 is 11.3 Å². The van der Waals surface area contributed by atoms with Gasteiger partial charge in [0, 0.05) is 19.1 Å². The molecule has 2 heterocycles. The molecule has 2 fully saturated rings. The lowest BCUT2D eigenvalue weighted by molar-refractivity contribution is 0.0956. The molecule has 2 aliphatic rings. The summed E-state index contributed by atoms with van der Waals surface area (Å²) in [5.41, 5.74) is 6.62. The van der Waals surface area contributed by atoms with Crippen LogP contribution in [-0.4, -0.2) is 32.1 Å². The van der Waals surface area contributed by atoms with Crippen LogP contribution < -0.4 is 20.7 Å². The summed E-state index contributed by atoms with van der Waals surface area (Å²) >= 11 is 1.46. The van der Waals surface area contributed by atoms with Gasteiger partial charge in [-0.1, -0.05) is 6.92 Å². The summed E-state index contributed by atoms with van der Waals surface area (Å²) in [7, 11) is 1.62. The lowest BCUT2D eigenvalue weighted by Gasteiger charge is -2.31. The number of hydrogen-bond donors (Lipinski definition) is 2. The van der Waals surface area contributed by atoms with Crippen LogP contribution in [0.5, 0.6) is 5.75 Å². The quantitative estimate of drug-likeness (QED) is 0.896. The maximum atomic E-state index is 12.3. The second-order valence-corrected chi connectivity index (χ2v) is 7.10. The molecule has 0 bridgehead atoms. The van der Waals surface area contributed by atoms with Gasteiger partial charge in [0.1, 0.15) is 15.6 Å². The summed E-state index contributed by atoms with van der Waals surface area (Å²) in [6.45, 7) is 4.29. The number of nitrogen functional groups attached to an aromatic ring is 1. The summed E-state index contributed by atoms with van der Waals surface area (Å²) in [5.74, 6) is 1.37. The van der Waals surface area contributed by atoms with Gasteiger partial charge in [-0.05, 0) is 31.6 Å². The zero-order valence-electron chi connectivity index (χ0n) is 12.6. The first-order valence-electron chi connectivity index (χ1n) is 7.62. The van der Waals surface area contributed by atoms with Gasteiger partial charge < -0.3 is 20.7 Å². The summed E-state index contributed by atoms with van der Waals surface area (Å²) in [5, 5.41) is 4.01. The maximum Gasteiger partial charge on any atom is 0.263 e. The van der Waals surface area contributed by atoms with Gasteiger partial charge in [-0.3, -0.25) is 4.79 Å². The summed E-state index contributed by atoms with van der Waals surface area (Å²) < 4.78 is 5.47. The zero-order valence-corrected chi connectivity index (χ0v) is 13.5. The molecular weight excluding hydrogens is 286 g/mol. The van der Waals surface area contributed by atoms with Gasteiger partial charge in [0.25, 0.3) is 5.91 Å². The zero-order chi connectivity index (χ0) is 15.0. The van der Waals surface area contributed by atoms with E-state index in [0.717, 1.165) is 36.9 Å². The predicted octanol–water partition coefficient (Wildman–Crippen LogP) is 2.47. The van der Waals surface area contributed by atoms with E-state index >= 15 is 0 Å². The number of anilines is 2. The molecule has 3 N–H and O–H groups in total. The van der Waals surface area contributed by atoms with Gasteiger partial charge in [0.15, 0.2) is 5.75 Å². The Morgan fingerprint density at radius 1 is 1.33 bits per heavy atom. The van der Waals surface area contributed by atoms with E-state index < -0.39 is 0 Å². The van der Waals surface area contributed by atoms with Crippen molar-refractivity contribution in [1.82, 2.24) is 5.32 Å². The highest BCUT2D eigenvalue weighted by molar-refractivity contribution is 7.19. The number of hydrogen-bond acceptors (Lipinski definition) is 5. The minimum atomic E-state index is -0.0603. The molecule has 0 unspecified atom stereocenters. The first kappa shape index (κ1) is 14.5. The average Bonchev–Trinajstić information content (AvgIpc) is 3.21. The molecule has 0 spiro atoms. The third kappa shape index (κ3) is 2.95. The van der Waals surface area contributed by atoms with E-state index in [1.54, 1.807) is 7.11 Å². The molecule has 1 aliphatic heterocycles. The lowest BCUT2D eigenvalue weighted by atomic mass is 9.99. The van der Waals surface area contributed by atoms with Crippen LogP contribution in [0.25, 0.3) is 0 Å². The second-order valence-electron chi connectivity index (χ2n) is 6.10. The molecule has 6 heteroatoms. The van der Waals surface area contributed by atoms with E-state index in [9.17, 15) is 4.79 Å². The third-order valence-corrected chi connectivity index (χ3v) is 5.52. The molecule has 0 aromatic carbocycles. The number of amides is 1. The number of nitrogens with one attached hydrogen (secondary N) is 1. The lowest BCUT2D eigenvalue weighted by Crippen LogP contribution is -2.32. The summed E-state index contributed by atoms with van der Waals surface area (Å²) in [6.07, 6.45) is 4.49. The van der Waals surface area contributed by atoms with E-state index in [2.05, 4.69) is 17.1 Å². The number of carbonyl (C=O) groups excluding carboxylic acids is 1. The molecule has 1 aromatic rings. The number of thiophene rings is 1. The molecule has 0 atom stereocenters. The van der Waals surface area contributed by atoms with Crippen LogP contribution in [0.1, 0.15) is 42.3 Å². The van der Waals surface area contributed by atoms with Crippen molar-refractivity contribution in [2.75, 3.05) is 30.8 Å². The Bertz CT molecular complexity index is 531. The van der Waals surface area contributed by atoms with Crippen molar-refractivity contribution in [3.8, 4) is 5.75 Å². The number of rotatable bonds is 4. The van der Waals surface area contributed by atoms with Crippen molar-refractivity contribution in [2.45, 2.75) is 38.6 Å². The number of nitrogens with zero attached hydrogens (tertiary/aromatic N) is 1. The first-order chi connectivity index (χ1) is 10.1. The average molecular weight is 309 g/mol. The Morgan fingerprint density at radius 3 is 2.57 bits per heavy atom. The second kappa shape index (κ2) is 5.75. The number of piperidine rings is 1. The highest BCUT2D eigenvalue weighted by Crippen LogP contribution is 2.45. The molecule has 116 valence electrons.